The molecule has 1 atom stereocenters. The van der Waals surface area contributed by atoms with Gasteiger partial charge in [0.25, 0.3) is 5.89 Å². The minimum Gasteiger partial charge on any atom is -0.379 e. The van der Waals surface area contributed by atoms with Gasteiger partial charge < -0.3 is 14.0 Å². The van der Waals surface area contributed by atoms with E-state index in [1.807, 2.05) is 0 Å². The van der Waals surface area contributed by atoms with Crippen LogP contribution >= 0.6 is 0 Å². The summed E-state index contributed by atoms with van der Waals surface area (Å²) in [5.41, 5.74) is 0. The van der Waals surface area contributed by atoms with E-state index in [1.165, 1.54) is 12.8 Å². The molecule has 7 nitrogen and oxygen atoms in total. The van der Waals surface area contributed by atoms with Crippen molar-refractivity contribution in [3.8, 4) is 0 Å². The zero-order valence-electron chi connectivity index (χ0n) is 13.7. The summed E-state index contributed by atoms with van der Waals surface area (Å²) in [6, 6.07) is 0.711. The molecule has 0 unspecified atom stereocenters. The van der Waals surface area contributed by atoms with Crippen molar-refractivity contribution in [1.29, 1.82) is 0 Å². The van der Waals surface area contributed by atoms with E-state index in [9.17, 15) is 0 Å². The Hall–Kier alpha value is -1.02. The average molecular weight is 322 g/mol. The van der Waals surface area contributed by atoms with Gasteiger partial charge in [0.2, 0.25) is 0 Å². The van der Waals surface area contributed by atoms with Gasteiger partial charge in [-0.25, -0.2) is 0 Å². The Bertz CT molecular complexity index is 489. The van der Waals surface area contributed by atoms with Crippen LogP contribution in [0.2, 0.25) is 0 Å². The highest BCUT2D eigenvalue weighted by Crippen LogP contribution is 2.27. The molecular formula is C16H26N4O3. The van der Waals surface area contributed by atoms with Crippen molar-refractivity contribution in [3.63, 3.8) is 0 Å². The number of hydrogen-bond donors (Lipinski definition) is 0. The number of aromatic nitrogens is 2. The topological polar surface area (TPSA) is 63.9 Å². The smallest absolute Gasteiger partial charge is 0.255 e. The molecule has 3 aliphatic rings. The molecule has 0 aromatic carbocycles. The third-order valence-electron chi connectivity index (χ3n) is 5.17. The molecule has 1 aromatic heterocycles. The summed E-state index contributed by atoms with van der Waals surface area (Å²) in [4.78, 5) is 9.54. The molecule has 0 saturated carbocycles. The number of nitrogens with zero attached hydrogens (tertiary/aromatic N) is 4. The second-order valence-electron chi connectivity index (χ2n) is 6.71. The number of hydrogen-bond acceptors (Lipinski definition) is 7. The molecule has 0 amide bonds. The highest BCUT2D eigenvalue weighted by atomic mass is 16.5. The van der Waals surface area contributed by atoms with E-state index in [0.717, 1.165) is 71.2 Å². The Morgan fingerprint density at radius 1 is 1.00 bits per heavy atom. The molecule has 0 aliphatic carbocycles. The summed E-state index contributed by atoms with van der Waals surface area (Å²) >= 11 is 0. The van der Waals surface area contributed by atoms with E-state index >= 15 is 0 Å². The number of piperidine rings is 1. The van der Waals surface area contributed by atoms with Crippen LogP contribution in [0.4, 0.5) is 0 Å². The van der Waals surface area contributed by atoms with Gasteiger partial charge in [0, 0.05) is 38.8 Å². The Labute approximate surface area is 136 Å². The van der Waals surface area contributed by atoms with Crippen molar-refractivity contribution in [1.82, 2.24) is 19.9 Å². The largest absolute Gasteiger partial charge is 0.379 e. The van der Waals surface area contributed by atoms with Gasteiger partial charge in [0.1, 0.15) is 6.10 Å². The summed E-state index contributed by atoms with van der Waals surface area (Å²) in [6.45, 7) is 7.73. The molecule has 0 N–H and O–H groups in total. The van der Waals surface area contributed by atoms with Gasteiger partial charge in [0.05, 0.1) is 19.8 Å². The van der Waals surface area contributed by atoms with E-state index in [-0.39, 0.29) is 6.10 Å². The molecule has 0 spiro atoms. The van der Waals surface area contributed by atoms with Crippen molar-refractivity contribution >= 4 is 0 Å². The van der Waals surface area contributed by atoms with Crippen LogP contribution in [0.25, 0.3) is 0 Å². The quantitative estimate of drug-likeness (QED) is 0.826. The number of rotatable bonds is 4. The van der Waals surface area contributed by atoms with Crippen LogP contribution in [-0.4, -0.2) is 72.0 Å². The van der Waals surface area contributed by atoms with Crippen LogP contribution in [0, 0.1) is 0 Å². The first-order chi connectivity index (χ1) is 11.4. The minimum atomic E-state index is 0.0170. The Kier molecular flexibility index (Phi) is 4.89. The van der Waals surface area contributed by atoms with E-state index < -0.39 is 0 Å². The highest BCUT2D eigenvalue weighted by Gasteiger charge is 2.27. The van der Waals surface area contributed by atoms with Gasteiger partial charge in [0.15, 0.2) is 5.82 Å². The molecule has 7 heteroatoms. The van der Waals surface area contributed by atoms with Gasteiger partial charge >= 0.3 is 0 Å². The molecule has 0 radical (unpaired) electrons. The minimum absolute atomic E-state index is 0.0170. The molecule has 4 heterocycles. The lowest BCUT2D eigenvalue weighted by molar-refractivity contribution is -0.0000121. The van der Waals surface area contributed by atoms with Crippen LogP contribution in [0.1, 0.15) is 43.5 Å². The third-order valence-corrected chi connectivity index (χ3v) is 5.17. The Balaban J connectivity index is 1.26. The molecule has 0 bridgehead atoms. The lowest BCUT2D eigenvalue weighted by Crippen LogP contribution is -2.48. The third kappa shape index (κ3) is 3.74. The summed E-state index contributed by atoms with van der Waals surface area (Å²) < 4.78 is 16.4. The van der Waals surface area contributed by atoms with Crippen LogP contribution in [-0.2, 0) is 16.0 Å². The first kappa shape index (κ1) is 15.5. The molecule has 3 fully saturated rings. The predicted octanol–water partition coefficient (Wildman–Crippen LogP) is 1.22. The Morgan fingerprint density at radius 3 is 2.57 bits per heavy atom. The second-order valence-corrected chi connectivity index (χ2v) is 6.71. The lowest BCUT2D eigenvalue weighted by atomic mass is 10.0. The number of morpholine rings is 1. The maximum Gasteiger partial charge on any atom is 0.255 e. The summed E-state index contributed by atoms with van der Waals surface area (Å²) in [5, 5.41) is 4.13. The molecule has 3 saturated heterocycles. The lowest BCUT2D eigenvalue weighted by Gasteiger charge is -2.39. The zero-order chi connectivity index (χ0) is 15.5. The fraction of sp³-hybridized carbons (Fsp3) is 0.875. The molecule has 1 aromatic rings. The molecule has 23 heavy (non-hydrogen) atoms. The molecule has 128 valence electrons. The van der Waals surface area contributed by atoms with Crippen LogP contribution < -0.4 is 0 Å². The monoisotopic (exact) mass is 322 g/mol. The van der Waals surface area contributed by atoms with Gasteiger partial charge in [-0.3, -0.25) is 9.80 Å². The van der Waals surface area contributed by atoms with E-state index in [2.05, 4.69) is 19.9 Å². The Morgan fingerprint density at radius 2 is 1.83 bits per heavy atom. The van der Waals surface area contributed by atoms with Crippen LogP contribution in [0.15, 0.2) is 4.52 Å². The number of ether oxygens (including phenoxy) is 2. The highest BCUT2D eigenvalue weighted by molar-refractivity contribution is 4.93. The summed E-state index contributed by atoms with van der Waals surface area (Å²) in [5.74, 6) is 1.45. The second kappa shape index (κ2) is 7.25. The predicted molar refractivity (Wildman–Crippen MR) is 82.9 cm³/mol. The van der Waals surface area contributed by atoms with Gasteiger partial charge in [-0.15, -0.1) is 0 Å². The van der Waals surface area contributed by atoms with Crippen molar-refractivity contribution in [2.24, 2.45) is 0 Å². The maximum atomic E-state index is 5.60. The van der Waals surface area contributed by atoms with E-state index in [4.69, 9.17) is 14.0 Å². The SMILES string of the molecule is C1CO[C@@H](c2nc(CN3CCC(N4CCOCC4)CC3)no2)C1. The van der Waals surface area contributed by atoms with Gasteiger partial charge in [-0.05, 0) is 25.7 Å². The molecular weight excluding hydrogens is 296 g/mol. The molecule has 4 rings (SSSR count). The van der Waals surface area contributed by atoms with Gasteiger partial charge in [-0.1, -0.05) is 5.16 Å². The fourth-order valence-corrected chi connectivity index (χ4v) is 3.82. The van der Waals surface area contributed by atoms with Crippen molar-refractivity contribution in [3.05, 3.63) is 11.7 Å². The fourth-order valence-electron chi connectivity index (χ4n) is 3.82. The van der Waals surface area contributed by atoms with Crippen LogP contribution in [0.5, 0.6) is 0 Å². The van der Waals surface area contributed by atoms with Crippen molar-refractivity contribution < 1.29 is 14.0 Å². The van der Waals surface area contributed by atoms with Crippen molar-refractivity contribution in [2.45, 2.75) is 44.4 Å². The van der Waals surface area contributed by atoms with Gasteiger partial charge in [-0.2, -0.15) is 4.98 Å². The normalized spacial score (nSPS) is 28.4. The summed E-state index contributed by atoms with van der Waals surface area (Å²) in [6.07, 6.45) is 4.53. The summed E-state index contributed by atoms with van der Waals surface area (Å²) in [7, 11) is 0. The van der Waals surface area contributed by atoms with Crippen molar-refractivity contribution in [2.75, 3.05) is 46.0 Å². The van der Waals surface area contributed by atoms with E-state index in [1.54, 1.807) is 0 Å². The zero-order valence-corrected chi connectivity index (χ0v) is 13.7. The standard InChI is InChI=1S/C16H26N4O3/c1-2-14(22-9-1)16-17-15(18-23-16)12-19-5-3-13(4-6-19)20-7-10-21-11-8-20/h13-14H,1-12H2/t14-/m1/s1. The first-order valence-corrected chi connectivity index (χ1v) is 8.87. The number of likely N-dealkylation sites (tertiary alicyclic amines) is 1. The van der Waals surface area contributed by atoms with E-state index in [0.29, 0.717) is 11.9 Å². The molecule has 3 aliphatic heterocycles. The first-order valence-electron chi connectivity index (χ1n) is 8.87. The maximum absolute atomic E-state index is 5.60. The average Bonchev–Trinajstić information content (AvgIpc) is 3.28. The van der Waals surface area contributed by atoms with Crippen LogP contribution in [0.3, 0.4) is 0 Å².